The smallest absolute Gasteiger partial charge is 0.353 e. The van der Waals surface area contributed by atoms with Gasteiger partial charge >= 0.3 is 5.97 Å². The van der Waals surface area contributed by atoms with Crippen molar-refractivity contribution < 1.29 is 9.90 Å². The molecule has 0 aromatic rings. The Labute approximate surface area is 133 Å². The number of nitrogens with two attached hydrogens (primary N) is 2. The van der Waals surface area contributed by atoms with Gasteiger partial charge in [-0.1, -0.05) is 44.2 Å². The molecule has 0 radical (unpaired) electrons. The third-order valence-corrected chi connectivity index (χ3v) is 3.30. The van der Waals surface area contributed by atoms with Crippen LogP contribution in [0.25, 0.3) is 0 Å². The van der Waals surface area contributed by atoms with Crippen molar-refractivity contribution in [3.8, 4) is 0 Å². The lowest BCUT2D eigenvalue weighted by molar-refractivity contribution is -0.132. The highest BCUT2D eigenvalue weighted by molar-refractivity contribution is 5.86. The van der Waals surface area contributed by atoms with Crippen molar-refractivity contribution >= 4 is 5.97 Å². The summed E-state index contributed by atoms with van der Waals surface area (Å²) in [7, 11) is 0. The Morgan fingerprint density at radius 2 is 1.95 bits per heavy atom. The monoisotopic (exact) mass is 307 g/mol. The highest BCUT2D eigenvalue weighted by Gasteiger charge is 2.28. The fourth-order valence-electron chi connectivity index (χ4n) is 2.32. The zero-order valence-electron chi connectivity index (χ0n) is 14.0. The highest BCUT2D eigenvalue weighted by Crippen LogP contribution is 2.29. The summed E-state index contributed by atoms with van der Waals surface area (Å²) in [5.74, 6) is 4.97. The molecule has 5 heteroatoms. The number of rotatable bonds is 4. The first-order chi connectivity index (χ1) is 10.5. The van der Waals surface area contributed by atoms with Gasteiger partial charge in [-0.2, -0.15) is 0 Å². The first-order valence-corrected chi connectivity index (χ1v) is 7.74. The quantitative estimate of drug-likeness (QED) is 0.422. The van der Waals surface area contributed by atoms with E-state index in [0.717, 1.165) is 18.4 Å². The molecule has 0 aromatic carbocycles. The summed E-state index contributed by atoms with van der Waals surface area (Å²) in [5, 5.41) is 10.5. The molecule has 0 aliphatic carbocycles. The zero-order valence-corrected chi connectivity index (χ0v) is 14.0. The Hall–Kier alpha value is -2.01. The first-order valence-electron chi connectivity index (χ1n) is 7.74. The van der Waals surface area contributed by atoms with Crippen molar-refractivity contribution in [1.82, 2.24) is 5.01 Å². The zero-order chi connectivity index (χ0) is 17.1. The molecule has 1 saturated heterocycles. The lowest BCUT2D eigenvalue weighted by atomic mass is 9.93. The van der Waals surface area contributed by atoms with E-state index in [0.29, 0.717) is 12.1 Å². The SMILES string of the molecule is CC.C\C=C/C=C(\C=C/C)C1CCC/C(=C(/N)C(=O)O)N1N. The van der Waals surface area contributed by atoms with Gasteiger partial charge in [0.2, 0.25) is 0 Å². The number of carbonyl (C=O) groups is 1. The van der Waals surface area contributed by atoms with Crippen molar-refractivity contribution in [2.75, 3.05) is 0 Å². The Morgan fingerprint density at radius 1 is 1.32 bits per heavy atom. The molecule has 1 rings (SSSR count). The van der Waals surface area contributed by atoms with Crippen molar-refractivity contribution in [3.63, 3.8) is 0 Å². The number of hydrazine groups is 1. The average molecular weight is 307 g/mol. The minimum absolute atomic E-state index is 0.0518. The van der Waals surface area contributed by atoms with E-state index in [-0.39, 0.29) is 11.7 Å². The number of aliphatic carboxylic acids is 1. The Balaban J connectivity index is 0.00000211. The summed E-state index contributed by atoms with van der Waals surface area (Å²) in [4.78, 5) is 11.0. The van der Waals surface area contributed by atoms with Crippen LogP contribution in [0.3, 0.4) is 0 Å². The third-order valence-electron chi connectivity index (χ3n) is 3.30. The van der Waals surface area contributed by atoms with E-state index in [1.54, 1.807) is 0 Å². The van der Waals surface area contributed by atoms with E-state index in [1.165, 1.54) is 5.01 Å². The Bertz CT molecular complexity index is 476. The molecule has 1 atom stereocenters. The molecule has 1 aliphatic rings. The number of allylic oxidation sites excluding steroid dienone is 5. The molecule has 1 aliphatic heterocycles. The minimum atomic E-state index is -1.12. The number of carboxylic acids is 1. The lowest BCUT2D eigenvalue weighted by Crippen LogP contribution is -2.45. The summed E-state index contributed by atoms with van der Waals surface area (Å²) in [6.45, 7) is 7.88. The van der Waals surface area contributed by atoms with Gasteiger partial charge in [0.1, 0.15) is 5.70 Å². The second kappa shape index (κ2) is 10.7. The van der Waals surface area contributed by atoms with Gasteiger partial charge in [0.25, 0.3) is 0 Å². The van der Waals surface area contributed by atoms with Gasteiger partial charge in [0.05, 0.1) is 11.7 Å². The fourth-order valence-corrected chi connectivity index (χ4v) is 2.32. The van der Waals surface area contributed by atoms with Crippen LogP contribution in [0.1, 0.15) is 47.0 Å². The third kappa shape index (κ3) is 5.41. The summed E-state index contributed by atoms with van der Waals surface area (Å²) >= 11 is 0. The van der Waals surface area contributed by atoms with Crippen LogP contribution in [0.5, 0.6) is 0 Å². The van der Waals surface area contributed by atoms with Crippen LogP contribution in [-0.4, -0.2) is 22.1 Å². The topological polar surface area (TPSA) is 92.6 Å². The second-order valence-corrected chi connectivity index (χ2v) is 4.67. The van der Waals surface area contributed by atoms with Crippen molar-refractivity contribution in [1.29, 1.82) is 0 Å². The van der Waals surface area contributed by atoms with E-state index in [2.05, 4.69) is 0 Å². The standard InChI is InChI=1S/C15H23N3O2.C2H6/c1-3-5-8-11(7-4-2)12-9-6-10-13(18(12)17)14(16)15(19)20;1-2/h3-5,7-8,12H,6,9-10,16-17H2,1-2H3,(H,19,20);1-2H3/b5-3-,7-4-,11-8+,14-13-;. The van der Waals surface area contributed by atoms with Gasteiger partial charge in [-0.25, -0.2) is 10.6 Å². The summed E-state index contributed by atoms with van der Waals surface area (Å²) in [6.07, 6.45) is 12.2. The maximum Gasteiger partial charge on any atom is 0.353 e. The predicted molar refractivity (Wildman–Crippen MR) is 91.6 cm³/mol. The van der Waals surface area contributed by atoms with E-state index in [9.17, 15) is 4.79 Å². The molecule has 0 saturated carbocycles. The Kier molecular flexibility index (Phi) is 9.70. The molecule has 0 spiro atoms. The molecule has 0 bridgehead atoms. The number of nitrogens with zero attached hydrogens (tertiary/aromatic N) is 1. The second-order valence-electron chi connectivity index (χ2n) is 4.67. The van der Waals surface area contributed by atoms with E-state index < -0.39 is 5.97 Å². The van der Waals surface area contributed by atoms with E-state index in [1.807, 2.05) is 58.1 Å². The van der Waals surface area contributed by atoms with Crippen molar-refractivity contribution in [2.24, 2.45) is 11.6 Å². The molecule has 0 amide bonds. The predicted octanol–water partition coefficient (Wildman–Crippen LogP) is 3.07. The molecule has 1 fully saturated rings. The van der Waals surface area contributed by atoms with Gasteiger partial charge in [-0.05, 0) is 38.7 Å². The van der Waals surface area contributed by atoms with E-state index >= 15 is 0 Å². The molecule has 0 aromatic heterocycles. The normalized spacial score (nSPS) is 21.8. The van der Waals surface area contributed by atoms with Crippen molar-refractivity contribution in [3.05, 3.63) is 47.3 Å². The van der Waals surface area contributed by atoms with Crippen LogP contribution in [0.4, 0.5) is 0 Å². The molecule has 5 N–H and O–H groups in total. The summed E-state index contributed by atoms with van der Waals surface area (Å²) in [5.41, 5.74) is 7.01. The maximum absolute atomic E-state index is 11.0. The first kappa shape index (κ1) is 20.0. The van der Waals surface area contributed by atoms with Crippen LogP contribution in [0.15, 0.2) is 47.3 Å². The molecule has 5 nitrogen and oxygen atoms in total. The average Bonchev–Trinajstić information content (AvgIpc) is 2.53. The molecule has 22 heavy (non-hydrogen) atoms. The fraction of sp³-hybridized carbons (Fsp3) is 0.471. The Morgan fingerprint density at radius 3 is 2.45 bits per heavy atom. The molecule has 1 unspecified atom stereocenters. The maximum atomic E-state index is 11.0. The van der Waals surface area contributed by atoms with E-state index in [4.69, 9.17) is 16.7 Å². The molecular weight excluding hydrogens is 278 g/mol. The molecule has 1 heterocycles. The van der Waals surface area contributed by atoms with Gasteiger partial charge in [-0.3, -0.25) is 0 Å². The van der Waals surface area contributed by atoms with Gasteiger partial charge in [0.15, 0.2) is 0 Å². The number of carboxylic acid groups (broad SMARTS) is 1. The number of hydrogen-bond acceptors (Lipinski definition) is 4. The largest absolute Gasteiger partial charge is 0.477 e. The minimum Gasteiger partial charge on any atom is -0.477 e. The van der Waals surface area contributed by atoms with Crippen LogP contribution in [0.2, 0.25) is 0 Å². The van der Waals surface area contributed by atoms with Crippen molar-refractivity contribution in [2.45, 2.75) is 53.0 Å². The summed E-state index contributed by atoms with van der Waals surface area (Å²) in [6, 6.07) is -0.0518. The van der Waals surface area contributed by atoms with Crippen LogP contribution < -0.4 is 11.6 Å². The summed E-state index contributed by atoms with van der Waals surface area (Å²) < 4.78 is 0. The lowest BCUT2D eigenvalue weighted by Gasteiger charge is -2.36. The highest BCUT2D eigenvalue weighted by atomic mass is 16.4. The molecular formula is C17H29N3O2. The van der Waals surface area contributed by atoms with Crippen LogP contribution >= 0.6 is 0 Å². The van der Waals surface area contributed by atoms with Crippen LogP contribution in [-0.2, 0) is 4.79 Å². The number of hydrogen-bond donors (Lipinski definition) is 3. The molecule has 124 valence electrons. The van der Waals surface area contributed by atoms with Gasteiger partial charge in [0, 0.05) is 0 Å². The number of piperidine rings is 1. The van der Waals surface area contributed by atoms with Gasteiger partial charge < -0.3 is 15.8 Å². The van der Waals surface area contributed by atoms with Gasteiger partial charge in [-0.15, -0.1) is 0 Å². The van der Waals surface area contributed by atoms with Crippen LogP contribution in [0, 0.1) is 0 Å².